The van der Waals surface area contributed by atoms with Crippen molar-refractivity contribution in [2.75, 3.05) is 25.1 Å². The molecule has 0 spiro atoms. The summed E-state index contributed by atoms with van der Waals surface area (Å²) in [4.78, 5) is 35.0. The number of amides is 3. The Morgan fingerprint density at radius 1 is 0.719 bits per heavy atom. The maximum Gasteiger partial charge on any atom is 0.411 e. The maximum absolute atomic E-state index is 11.8. The number of alkyl carbamates (subject to hydrolysis) is 2. The molecule has 2 aromatic rings. The number of nitrogens with one attached hydrogen (secondary N) is 3. The zero-order valence-corrected chi connectivity index (χ0v) is 18.1. The first-order valence-corrected chi connectivity index (χ1v) is 10.4. The standard InChI is InChI=1S/C23H29N3O6/c1-2-12-30-21(27)24-16-18-8-6-9-19(15-18)17-25-22(28)31-13-7-14-32-23(29)26-20-10-4-3-5-11-20/h3-6,8-11,15H,2,7,12-14,16-17H2,1H3,(H,24,27)(H,25,28)(H,26,29). The number of rotatable bonds is 11. The van der Waals surface area contributed by atoms with Crippen LogP contribution in [0.1, 0.15) is 30.9 Å². The summed E-state index contributed by atoms with van der Waals surface area (Å²) in [6.07, 6.45) is -0.439. The number of para-hydroxylation sites is 1. The van der Waals surface area contributed by atoms with E-state index >= 15 is 0 Å². The van der Waals surface area contributed by atoms with Gasteiger partial charge in [-0.1, -0.05) is 49.4 Å². The fourth-order valence-electron chi connectivity index (χ4n) is 2.56. The normalized spacial score (nSPS) is 10.0. The molecule has 9 heteroatoms. The van der Waals surface area contributed by atoms with Gasteiger partial charge in [0.1, 0.15) is 0 Å². The number of ether oxygens (including phenoxy) is 3. The van der Waals surface area contributed by atoms with E-state index in [0.29, 0.717) is 25.3 Å². The highest BCUT2D eigenvalue weighted by Gasteiger charge is 2.06. The van der Waals surface area contributed by atoms with Gasteiger partial charge in [-0.2, -0.15) is 0 Å². The summed E-state index contributed by atoms with van der Waals surface area (Å²) in [5, 5.41) is 7.93. The van der Waals surface area contributed by atoms with Crippen LogP contribution in [-0.2, 0) is 27.3 Å². The quantitative estimate of drug-likeness (QED) is 0.354. The summed E-state index contributed by atoms with van der Waals surface area (Å²) < 4.78 is 15.1. The van der Waals surface area contributed by atoms with Crippen LogP contribution in [0.5, 0.6) is 0 Å². The largest absolute Gasteiger partial charge is 0.450 e. The molecule has 0 atom stereocenters. The van der Waals surface area contributed by atoms with E-state index in [9.17, 15) is 14.4 Å². The Labute approximate surface area is 187 Å². The second-order valence-electron chi connectivity index (χ2n) is 6.78. The van der Waals surface area contributed by atoms with Crippen molar-refractivity contribution in [1.29, 1.82) is 0 Å². The Balaban J connectivity index is 1.57. The van der Waals surface area contributed by atoms with E-state index in [2.05, 4.69) is 16.0 Å². The molecule has 0 aliphatic heterocycles. The van der Waals surface area contributed by atoms with Crippen LogP contribution in [0.25, 0.3) is 0 Å². The average molecular weight is 444 g/mol. The highest BCUT2D eigenvalue weighted by atomic mass is 16.6. The molecule has 2 aromatic carbocycles. The summed E-state index contributed by atoms with van der Waals surface area (Å²) in [6, 6.07) is 16.4. The maximum atomic E-state index is 11.8. The fraction of sp³-hybridized carbons (Fsp3) is 0.348. The zero-order valence-electron chi connectivity index (χ0n) is 18.1. The third-order valence-corrected chi connectivity index (χ3v) is 4.08. The lowest BCUT2D eigenvalue weighted by atomic mass is 10.1. The molecule has 0 bridgehead atoms. The second-order valence-corrected chi connectivity index (χ2v) is 6.78. The van der Waals surface area contributed by atoms with Crippen LogP contribution >= 0.6 is 0 Å². The summed E-state index contributed by atoms with van der Waals surface area (Å²) in [5.74, 6) is 0. The molecule has 0 radical (unpaired) electrons. The minimum Gasteiger partial charge on any atom is -0.450 e. The van der Waals surface area contributed by atoms with Crippen molar-refractivity contribution in [1.82, 2.24) is 10.6 Å². The van der Waals surface area contributed by atoms with Gasteiger partial charge < -0.3 is 24.8 Å². The van der Waals surface area contributed by atoms with Gasteiger partial charge in [-0.25, -0.2) is 14.4 Å². The minimum absolute atomic E-state index is 0.119. The van der Waals surface area contributed by atoms with Gasteiger partial charge >= 0.3 is 18.3 Å². The summed E-state index contributed by atoms with van der Waals surface area (Å²) in [5.41, 5.74) is 2.39. The van der Waals surface area contributed by atoms with E-state index in [0.717, 1.165) is 17.5 Å². The summed E-state index contributed by atoms with van der Waals surface area (Å²) in [6.45, 7) is 3.16. The van der Waals surface area contributed by atoms with Crippen LogP contribution < -0.4 is 16.0 Å². The number of hydrogen-bond acceptors (Lipinski definition) is 6. The van der Waals surface area contributed by atoms with E-state index in [-0.39, 0.29) is 19.8 Å². The van der Waals surface area contributed by atoms with Gasteiger partial charge in [0.25, 0.3) is 0 Å². The molecule has 0 fully saturated rings. The Morgan fingerprint density at radius 3 is 1.88 bits per heavy atom. The van der Waals surface area contributed by atoms with Gasteiger partial charge in [0, 0.05) is 25.2 Å². The van der Waals surface area contributed by atoms with Crippen LogP contribution in [0.15, 0.2) is 54.6 Å². The third-order valence-electron chi connectivity index (χ3n) is 4.08. The molecule has 3 N–H and O–H groups in total. The molecule has 3 amide bonds. The molecule has 2 rings (SSSR count). The van der Waals surface area contributed by atoms with Gasteiger partial charge in [-0.15, -0.1) is 0 Å². The molecule has 0 unspecified atom stereocenters. The minimum atomic E-state index is -0.564. The number of anilines is 1. The van der Waals surface area contributed by atoms with Gasteiger partial charge in [-0.3, -0.25) is 5.32 Å². The van der Waals surface area contributed by atoms with E-state index in [4.69, 9.17) is 14.2 Å². The number of carbonyl (C=O) groups excluding carboxylic acids is 3. The number of benzene rings is 2. The van der Waals surface area contributed by atoms with Gasteiger partial charge in [-0.05, 0) is 29.7 Å². The van der Waals surface area contributed by atoms with Gasteiger partial charge in [0.15, 0.2) is 0 Å². The molecule has 172 valence electrons. The first kappa shape index (κ1) is 24.5. The predicted octanol–water partition coefficient (Wildman–Crippen LogP) is 4.19. The molecule has 0 aliphatic rings. The molecule has 9 nitrogen and oxygen atoms in total. The van der Waals surface area contributed by atoms with E-state index in [1.165, 1.54) is 0 Å². The Morgan fingerprint density at radius 2 is 1.28 bits per heavy atom. The highest BCUT2D eigenvalue weighted by molar-refractivity contribution is 5.84. The number of carbonyl (C=O) groups is 3. The van der Waals surface area contributed by atoms with E-state index in [1.54, 1.807) is 24.3 Å². The molecule has 0 saturated heterocycles. The zero-order chi connectivity index (χ0) is 23.0. The van der Waals surface area contributed by atoms with Crippen LogP contribution in [-0.4, -0.2) is 38.1 Å². The van der Waals surface area contributed by atoms with Crippen LogP contribution in [0.3, 0.4) is 0 Å². The predicted molar refractivity (Wildman–Crippen MR) is 119 cm³/mol. The molecule has 0 aromatic heterocycles. The lowest BCUT2D eigenvalue weighted by Crippen LogP contribution is -2.25. The van der Waals surface area contributed by atoms with Gasteiger partial charge in [0.05, 0.1) is 19.8 Å². The van der Waals surface area contributed by atoms with Crippen molar-refractivity contribution >= 4 is 24.0 Å². The van der Waals surface area contributed by atoms with Crippen molar-refractivity contribution in [3.05, 3.63) is 65.7 Å². The fourth-order valence-corrected chi connectivity index (χ4v) is 2.56. The van der Waals surface area contributed by atoms with Crippen molar-refractivity contribution in [3.63, 3.8) is 0 Å². The Kier molecular flexibility index (Phi) is 10.9. The molecular weight excluding hydrogens is 414 g/mol. The van der Waals surface area contributed by atoms with E-state index in [1.807, 2.05) is 37.3 Å². The lowest BCUT2D eigenvalue weighted by molar-refractivity contribution is 0.124. The van der Waals surface area contributed by atoms with Crippen molar-refractivity contribution in [3.8, 4) is 0 Å². The van der Waals surface area contributed by atoms with Crippen molar-refractivity contribution in [2.24, 2.45) is 0 Å². The van der Waals surface area contributed by atoms with Gasteiger partial charge in [0.2, 0.25) is 0 Å². The summed E-state index contributed by atoms with van der Waals surface area (Å²) >= 11 is 0. The average Bonchev–Trinajstić information content (AvgIpc) is 2.80. The number of hydrogen-bond donors (Lipinski definition) is 3. The molecule has 0 heterocycles. The Hall–Kier alpha value is -3.75. The smallest absolute Gasteiger partial charge is 0.411 e. The highest BCUT2D eigenvalue weighted by Crippen LogP contribution is 2.06. The SMILES string of the molecule is CCCOC(=O)NCc1cccc(CNC(=O)OCCCOC(=O)Nc2ccccc2)c1. The first-order chi connectivity index (χ1) is 15.6. The molecule has 0 aliphatic carbocycles. The topological polar surface area (TPSA) is 115 Å². The van der Waals surface area contributed by atoms with Crippen LogP contribution in [0.2, 0.25) is 0 Å². The van der Waals surface area contributed by atoms with Crippen molar-refractivity contribution in [2.45, 2.75) is 32.9 Å². The molecular formula is C23H29N3O6. The molecule has 0 saturated carbocycles. The second kappa shape index (κ2) is 14.3. The first-order valence-electron chi connectivity index (χ1n) is 10.4. The summed E-state index contributed by atoms with van der Waals surface area (Å²) in [7, 11) is 0. The monoisotopic (exact) mass is 443 g/mol. The lowest BCUT2D eigenvalue weighted by Gasteiger charge is -2.10. The van der Waals surface area contributed by atoms with Crippen molar-refractivity contribution < 1.29 is 28.6 Å². The van der Waals surface area contributed by atoms with E-state index < -0.39 is 18.3 Å². The third kappa shape index (κ3) is 10.3. The van der Waals surface area contributed by atoms with Crippen LogP contribution in [0.4, 0.5) is 20.1 Å². The van der Waals surface area contributed by atoms with Crippen LogP contribution in [0, 0.1) is 0 Å². The Bertz CT molecular complexity index is 860. The molecule has 32 heavy (non-hydrogen) atoms.